The minimum Gasteiger partial charge on any atom is -0.396 e. The van der Waals surface area contributed by atoms with Gasteiger partial charge in [0.15, 0.2) is 0 Å². The van der Waals surface area contributed by atoms with Gasteiger partial charge in [-0.3, -0.25) is 4.79 Å². The van der Waals surface area contributed by atoms with Crippen molar-refractivity contribution in [2.45, 2.75) is 31.5 Å². The highest BCUT2D eigenvalue weighted by Crippen LogP contribution is 2.26. The highest BCUT2D eigenvalue weighted by atomic mass is 79.9. The number of carbonyl (C=O) groups is 1. The van der Waals surface area contributed by atoms with Gasteiger partial charge in [-0.1, -0.05) is 29.8 Å². The number of nitrogens with zero attached hydrogens (tertiary/aromatic N) is 1. The molecule has 1 aliphatic rings. The Balaban J connectivity index is 2.48. The molecule has 82 valence electrons. The van der Waals surface area contributed by atoms with Gasteiger partial charge in [-0.25, -0.2) is 0 Å². The molecule has 0 aliphatic carbocycles. The topological polar surface area (TPSA) is 40.5 Å². The van der Waals surface area contributed by atoms with Crippen LogP contribution >= 0.6 is 15.9 Å². The van der Waals surface area contributed by atoms with Crippen molar-refractivity contribution >= 4 is 21.8 Å². The molecule has 1 unspecified atom stereocenters. The van der Waals surface area contributed by atoms with E-state index in [9.17, 15) is 4.79 Å². The number of rotatable bonds is 4. The van der Waals surface area contributed by atoms with E-state index in [1.807, 2.05) is 4.90 Å². The van der Waals surface area contributed by atoms with Crippen molar-refractivity contribution in [3.63, 3.8) is 0 Å². The fraction of sp³-hybridized carbons (Fsp3) is 0.900. The third-order valence-electron chi connectivity index (χ3n) is 2.64. The van der Waals surface area contributed by atoms with Crippen LogP contribution in [0.2, 0.25) is 0 Å². The van der Waals surface area contributed by atoms with Crippen LogP contribution in [0.15, 0.2) is 0 Å². The molecule has 0 saturated carbocycles. The molecule has 1 atom stereocenters. The SMILES string of the molecule is CC(C)(CCO)CN1CCC(Br)C1=O. The number of halogens is 1. The van der Waals surface area contributed by atoms with Crippen LogP contribution in [0.5, 0.6) is 0 Å². The summed E-state index contributed by atoms with van der Waals surface area (Å²) in [4.78, 5) is 13.5. The lowest BCUT2D eigenvalue weighted by Crippen LogP contribution is -2.37. The van der Waals surface area contributed by atoms with E-state index < -0.39 is 0 Å². The molecule has 1 N–H and O–H groups in total. The van der Waals surface area contributed by atoms with E-state index in [0.29, 0.717) is 0 Å². The Bertz CT molecular complexity index is 218. The standard InChI is InChI=1S/C10H18BrNO2/c1-10(2,4-6-13)7-12-5-3-8(11)9(12)14/h8,13H,3-7H2,1-2H3. The van der Waals surface area contributed by atoms with Crippen LogP contribution < -0.4 is 0 Å². The molecule has 0 radical (unpaired) electrons. The lowest BCUT2D eigenvalue weighted by molar-refractivity contribution is -0.128. The monoisotopic (exact) mass is 263 g/mol. The van der Waals surface area contributed by atoms with Gasteiger partial charge in [-0.15, -0.1) is 0 Å². The second kappa shape index (κ2) is 4.62. The van der Waals surface area contributed by atoms with Gasteiger partial charge in [0.2, 0.25) is 5.91 Å². The predicted molar refractivity (Wildman–Crippen MR) is 59.4 cm³/mol. The second-order valence-electron chi connectivity index (χ2n) is 4.65. The molecule has 1 amide bonds. The maximum Gasteiger partial charge on any atom is 0.236 e. The third kappa shape index (κ3) is 2.95. The minimum absolute atomic E-state index is 0.00688. The number of aliphatic hydroxyl groups excluding tert-OH is 1. The van der Waals surface area contributed by atoms with E-state index in [1.54, 1.807) is 0 Å². The Labute approximate surface area is 93.6 Å². The first kappa shape index (κ1) is 12.0. The number of carbonyl (C=O) groups excluding carboxylic acids is 1. The lowest BCUT2D eigenvalue weighted by Gasteiger charge is -2.29. The summed E-state index contributed by atoms with van der Waals surface area (Å²) in [7, 11) is 0. The summed E-state index contributed by atoms with van der Waals surface area (Å²) in [6.07, 6.45) is 1.64. The molecule has 0 aromatic heterocycles. The van der Waals surface area contributed by atoms with Gasteiger partial charge < -0.3 is 10.0 Å². The molecule has 1 fully saturated rings. The highest BCUT2D eigenvalue weighted by molar-refractivity contribution is 9.10. The summed E-state index contributed by atoms with van der Waals surface area (Å²) in [6, 6.07) is 0. The molecule has 0 aromatic carbocycles. The van der Waals surface area contributed by atoms with Gasteiger partial charge in [0.1, 0.15) is 0 Å². The summed E-state index contributed by atoms with van der Waals surface area (Å²) in [5.74, 6) is 0.191. The maximum absolute atomic E-state index is 11.6. The van der Waals surface area contributed by atoms with Crippen molar-refractivity contribution in [1.29, 1.82) is 0 Å². The van der Waals surface area contributed by atoms with Gasteiger partial charge >= 0.3 is 0 Å². The Morgan fingerprint density at radius 1 is 1.64 bits per heavy atom. The van der Waals surface area contributed by atoms with E-state index in [-0.39, 0.29) is 22.8 Å². The van der Waals surface area contributed by atoms with Crippen molar-refractivity contribution in [3.05, 3.63) is 0 Å². The van der Waals surface area contributed by atoms with Crippen molar-refractivity contribution in [3.8, 4) is 0 Å². The van der Waals surface area contributed by atoms with Crippen LogP contribution in [-0.4, -0.2) is 40.4 Å². The second-order valence-corrected chi connectivity index (χ2v) is 5.76. The summed E-state index contributed by atoms with van der Waals surface area (Å²) < 4.78 is 0. The summed E-state index contributed by atoms with van der Waals surface area (Å²) >= 11 is 3.35. The molecule has 0 bridgehead atoms. The average Bonchev–Trinajstić information content (AvgIpc) is 2.35. The highest BCUT2D eigenvalue weighted by Gasteiger charge is 2.32. The summed E-state index contributed by atoms with van der Waals surface area (Å²) in [6.45, 7) is 5.93. The van der Waals surface area contributed by atoms with Crippen LogP contribution in [0.1, 0.15) is 26.7 Å². The predicted octanol–water partition coefficient (Wildman–Crippen LogP) is 1.39. The Kier molecular flexibility index (Phi) is 3.95. The van der Waals surface area contributed by atoms with Crippen molar-refractivity contribution in [1.82, 2.24) is 4.90 Å². The smallest absolute Gasteiger partial charge is 0.236 e. The zero-order valence-electron chi connectivity index (χ0n) is 8.79. The van der Waals surface area contributed by atoms with Crippen LogP contribution in [0.4, 0.5) is 0 Å². The van der Waals surface area contributed by atoms with Crippen molar-refractivity contribution in [2.24, 2.45) is 5.41 Å². The number of likely N-dealkylation sites (tertiary alicyclic amines) is 1. The molecule has 3 nitrogen and oxygen atoms in total. The van der Waals surface area contributed by atoms with E-state index >= 15 is 0 Å². The van der Waals surface area contributed by atoms with E-state index in [1.165, 1.54) is 0 Å². The van der Waals surface area contributed by atoms with Crippen LogP contribution in [0.3, 0.4) is 0 Å². The Morgan fingerprint density at radius 2 is 2.29 bits per heavy atom. The molecule has 4 heteroatoms. The number of alkyl halides is 1. The molecule has 1 heterocycles. The van der Waals surface area contributed by atoms with Crippen LogP contribution in [0.25, 0.3) is 0 Å². The average molecular weight is 264 g/mol. The summed E-state index contributed by atoms with van der Waals surface area (Å²) in [5, 5.41) is 8.88. The van der Waals surface area contributed by atoms with E-state index in [4.69, 9.17) is 5.11 Å². The Morgan fingerprint density at radius 3 is 2.71 bits per heavy atom. The zero-order valence-corrected chi connectivity index (χ0v) is 10.4. The first-order valence-corrected chi connectivity index (χ1v) is 5.91. The molecule has 1 saturated heterocycles. The van der Waals surface area contributed by atoms with Gasteiger partial charge in [0.25, 0.3) is 0 Å². The van der Waals surface area contributed by atoms with Crippen LogP contribution in [-0.2, 0) is 4.79 Å². The first-order valence-electron chi connectivity index (χ1n) is 5.00. The molecule has 14 heavy (non-hydrogen) atoms. The fourth-order valence-corrected chi connectivity index (χ4v) is 2.25. The van der Waals surface area contributed by atoms with Crippen LogP contribution in [0, 0.1) is 5.41 Å². The maximum atomic E-state index is 11.6. The first-order chi connectivity index (χ1) is 6.46. The van der Waals surface area contributed by atoms with Crippen molar-refractivity contribution < 1.29 is 9.90 Å². The number of hydrogen-bond donors (Lipinski definition) is 1. The number of aliphatic hydroxyl groups is 1. The number of hydrogen-bond acceptors (Lipinski definition) is 2. The summed E-state index contributed by atoms with van der Waals surface area (Å²) in [5.41, 5.74) is 0.0153. The third-order valence-corrected chi connectivity index (χ3v) is 3.49. The minimum atomic E-state index is 0.00688. The van der Waals surface area contributed by atoms with E-state index in [0.717, 1.165) is 25.9 Å². The van der Waals surface area contributed by atoms with Crippen molar-refractivity contribution in [2.75, 3.05) is 19.7 Å². The number of amides is 1. The molecule has 0 aromatic rings. The molecular formula is C10H18BrNO2. The Hall–Kier alpha value is -0.0900. The van der Waals surface area contributed by atoms with Gasteiger partial charge in [0, 0.05) is 19.7 Å². The largest absolute Gasteiger partial charge is 0.396 e. The van der Waals surface area contributed by atoms with E-state index in [2.05, 4.69) is 29.8 Å². The molecule has 1 aliphatic heterocycles. The van der Waals surface area contributed by atoms with Gasteiger partial charge in [0.05, 0.1) is 4.83 Å². The molecule has 1 rings (SSSR count). The normalized spacial score (nSPS) is 23.3. The van der Waals surface area contributed by atoms with Gasteiger partial charge in [-0.2, -0.15) is 0 Å². The molecule has 0 spiro atoms. The zero-order chi connectivity index (χ0) is 10.8. The molecular weight excluding hydrogens is 246 g/mol. The lowest BCUT2D eigenvalue weighted by atomic mass is 9.89. The fourth-order valence-electron chi connectivity index (χ4n) is 1.76. The van der Waals surface area contributed by atoms with Gasteiger partial charge in [-0.05, 0) is 18.3 Å². The quantitative estimate of drug-likeness (QED) is 0.779.